The molecule has 0 saturated heterocycles. The summed E-state index contributed by atoms with van der Waals surface area (Å²) in [5.74, 6) is 1.96. The summed E-state index contributed by atoms with van der Waals surface area (Å²) >= 11 is 0. The molecule has 0 aromatic heterocycles. The smallest absolute Gasteiger partial charge is 0.254 e. The van der Waals surface area contributed by atoms with E-state index in [1.807, 2.05) is 48.2 Å². The molecule has 144 valence electrons. The Labute approximate surface area is 160 Å². The second-order valence-electron chi connectivity index (χ2n) is 6.83. The zero-order valence-electron chi connectivity index (χ0n) is 16.5. The molecular weight excluding hydrogens is 342 g/mol. The quantitative estimate of drug-likeness (QED) is 0.709. The molecule has 3 rings (SSSR count). The molecule has 0 unspecified atom stereocenters. The maximum Gasteiger partial charge on any atom is 0.254 e. The summed E-state index contributed by atoms with van der Waals surface area (Å²) < 4.78 is 16.2. The van der Waals surface area contributed by atoms with E-state index in [1.165, 1.54) is 0 Å². The lowest BCUT2D eigenvalue weighted by Crippen LogP contribution is -2.35. The molecule has 0 radical (unpaired) electrons. The van der Waals surface area contributed by atoms with Crippen LogP contribution in [0.5, 0.6) is 17.2 Å². The van der Waals surface area contributed by atoms with Gasteiger partial charge in [-0.05, 0) is 55.5 Å². The number of methoxy groups -OCH3 is 3. The first-order valence-electron chi connectivity index (χ1n) is 9.24. The van der Waals surface area contributed by atoms with Gasteiger partial charge in [0.1, 0.15) is 0 Å². The third-order valence-electron chi connectivity index (χ3n) is 4.99. The van der Waals surface area contributed by atoms with Crippen molar-refractivity contribution < 1.29 is 19.0 Å². The van der Waals surface area contributed by atoms with Crippen molar-refractivity contribution in [2.24, 2.45) is 0 Å². The molecule has 0 atom stereocenters. The van der Waals surface area contributed by atoms with E-state index in [1.54, 1.807) is 21.3 Å². The van der Waals surface area contributed by atoms with Gasteiger partial charge < -0.3 is 19.1 Å². The normalized spacial score (nSPS) is 13.2. The van der Waals surface area contributed by atoms with Gasteiger partial charge in [0.2, 0.25) is 5.75 Å². The third-order valence-corrected chi connectivity index (χ3v) is 4.99. The van der Waals surface area contributed by atoms with Crippen molar-refractivity contribution in [1.29, 1.82) is 0 Å². The van der Waals surface area contributed by atoms with Crippen LogP contribution in [-0.2, 0) is 6.42 Å². The first kappa shape index (κ1) is 19.1. The van der Waals surface area contributed by atoms with Crippen LogP contribution in [0.2, 0.25) is 0 Å². The summed E-state index contributed by atoms with van der Waals surface area (Å²) in [7, 11) is 4.81. The lowest BCUT2D eigenvalue weighted by atomic mass is 10.1. The Kier molecular flexibility index (Phi) is 5.89. The largest absolute Gasteiger partial charge is 0.493 e. The summed E-state index contributed by atoms with van der Waals surface area (Å²) in [5.41, 5.74) is 2.85. The zero-order valence-corrected chi connectivity index (χ0v) is 16.5. The number of hydrogen-bond donors (Lipinski definition) is 0. The second-order valence-corrected chi connectivity index (χ2v) is 6.83. The van der Waals surface area contributed by atoms with Gasteiger partial charge in [-0.3, -0.25) is 4.79 Å². The SMILES string of the molecule is COc1cc(CCN(C(=O)c2ccccc2C)C2CC2)cc(OC)c1OC. The Bertz CT molecular complexity index is 789. The predicted molar refractivity (Wildman–Crippen MR) is 105 cm³/mol. The molecule has 27 heavy (non-hydrogen) atoms. The molecule has 1 aliphatic rings. The Morgan fingerprint density at radius 1 is 1.04 bits per heavy atom. The van der Waals surface area contributed by atoms with Crippen molar-refractivity contribution in [3.8, 4) is 17.2 Å². The molecule has 0 N–H and O–H groups in total. The van der Waals surface area contributed by atoms with Gasteiger partial charge in [-0.2, -0.15) is 0 Å². The molecule has 1 aliphatic carbocycles. The monoisotopic (exact) mass is 369 g/mol. The predicted octanol–water partition coefficient (Wildman–Crippen LogP) is 3.87. The van der Waals surface area contributed by atoms with Crippen LogP contribution in [0.15, 0.2) is 36.4 Å². The van der Waals surface area contributed by atoms with E-state index in [0.717, 1.165) is 36.0 Å². The lowest BCUT2D eigenvalue weighted by molar-refractivity contribution is 0.0744. The molecule has 5 heteroatoms. The van der Waals surface area contributed by atoms with Crippen LogP contribution in [0.3, 0.4) is 0 Å². The number of carbonyl (C=O) groups is 1. The fourth-order valence-electron chi connectivity index (χ4n) is 3.33. The van der Waals surface area contributed by atoms with Crippen molar-refractivity contribution in [1.82, 2.24) is 4.90 Å². The molecule has 5 nitrogen and oxygen atoms in total. The lowest BCUT2D eigenvalue weighted by Gasteiger charge is -2.24. The minimum Gasteiger partial charge on any atom is -0.493 e. The van der Waals surface area contributed by atoms with E-state index in [4.69, 9.17) is 14.2 Å². The van der Waals surface area contributed by atoms with Crippen molar-refractivity contribution in [3.63, 3.8) is 0 Å². The molecule has 1 saturated carbocycles. The molecule has 0 spiro atoms. The number of benzene rings is 2. The average molecular weight is 369 g/mol. The Balaban J connectivity index is 1.79. The van der Waals surface area contributed by atoms with Gasteiger partial charge in [-0.15, -0.1) is 0 Å². The van der Waals surface area contributed by atoms with Gasteiger partial charge in [-0.1, -0.05) is 18.2 Å². The van der Waals surface area contributed by atoms with Crippen LogP contribution < -0.4 is 14.2 Å². The van der Waals surface area contributed by atoms with E-state index >= 15 is 0 Å². The molecule has 2 aromatic rings. The zero-order chi connectivity index (χ0) is 19.4. The summed E-state index contributed by atoms with van der Waals surface area (Å²) in [6.07, 6.45) is 2.88. The van der Waals surface area contributed by atoms with Crippen LogP contribution in [0.1, 0.15) is 34.3 Å². The van der Waals surface area contributed by atoms with Crippen molar-refractivity contribution in [2.75, 3.05) is 27.9 Å². The van der Waals surface area contributed by atoms with Crippen LogP contribution in [0.25, 0.3) is 0 Å². The van der Waals surface area contributed by atoms with Crippen molar-refractivity contribution >= 4 is 5.91 Å². The molecule has 0 heterocycles. The summed E-state index contributed by atoms with van der Waals surface area (Å²) in [5, 5.41) is 0. The van der Waals surface area contributed by atoms with Crippen molar-refractivity contribution in [3.05, 3.63) is 53.1 Å². The Morgan fingerprint density at radius 3 is 2.19 bits per heavy atom. The van der Waals surface area contributed by atoms with E-state index in [0.29, 0.717) is 29.8 Å². The molecular formula is C22H27NO4. The van der Waals surface area contributed by atoms with Gasteiger partial charge in [0.05, 0.1) is 21.3 Å². The maximum atomic E-state index is 13.1. The summed E-state index contributed by atoms with van der Waals surface area (Å²) in [6.45, 7) is 2.65. The Morgan fingerprint density at radius 2 is 1.67 bits per heavy atom. The van der Waals surface area contributed by atoms with Gasteiger partial charge >= 0.3 is 0 Å². The molecule has 0 bridgehead atoms. The fraction of sp³-hybridized carbons (Fsp3) is 0.409. The average Bonchev–Trinajstić information content (AvgIpc) is 3.52. The van der Waals surface area contributed by atoms with E-state index in [9.17, 15) is 4.79 Å². The van der Waals surface area contributed by atoms with Gasteiger partial charge in [0.25, 0.3) is 5.91 Å². The van der Waals surface area contributed by atoms with Crippen molar-refractivity contribution in [2.45, 2.75) is 32.2 Å². The standard InChI is InChI=1S/C22H27NO4/c1-15-7-5-6-8-18(15)22(24)23(17-9-10-17)12-11-16-13-19(25-2)21(27-4)20(14-16)26-3/h5-8,13-14,17H,9-12H2,1-4H3. The number of hydrogen-bond acceptors (Lipinski definition) is 4. The summed E-state index contributed by atoms with van der Waals surface area (Å²) in [4.78, 5) is 15.1. The maximum absolute atomic E-state index is 13.1. The first-order valence-corrected chi connectivity index (χ1v) is 9.24. The van der Waals surface area contributed by atoms with Gasteiger partial charge in [0.15, 0.2) is 11.5 Å². The van der Waals surface area contributed by atoms with Gasteiger partial charge in [-0.25, -0.2) is 0 Å². The van der Waals surface area contributed by atoms with E-state index in [-0.39, 0.29) is 5.91 Å². The van der Waals surface area contributed by atoms with E-state index in [2.05, 4.69) is 0 Å². The molecule has 0 aliphatic heterocycles. The first-order chi connectivity index (χ1) is 13.1. The molecule has 1 fully saturated rings. The molecule has 2 aromatic carbocycles. The molecule has 1 amide bonds. The highest BCUT2D eigenvalue weighted by Crippen LogP contribution is 2.38. The highest BCUT2D eigenvalue weighted by Gasteiger charge is 2.33. The Hall–Kier alpha value is -2.69. The van der Waals surface area contributed by atoms with Crippen LogP contribution in [0.4, 0.5) is 0 Å². The summed E-state index contributed by atoms with van der Waals surface area (Å²) in [6, 6.07) is 12.0. The number of rotatable bonds is 8. The third kappa shape index (κ3) is 4.18. The topological polar surface area (TPSA) is 48.0 Å². The fourth-order valence-corrected chi connectivity index (χ4v) is 3.33. The van der Waals surface area contributed by atoms with Crippen LogP contribution >= 0.6 is 0 Å². The van der Waals surface area contributed by atoms with Gasteiger partial charge in [0, 0.05) is 18.2 Å². The number of ether oxygens (including phenoxy) is 3. The van der Waals surface area contributed by atoms with Crippen LogP contribution in [-0.4, -0.2) is 44.7 Å². The number of aryl methyl sites for hydroxylation is 1. The highest BCUT2D eigenvalue weighted by molar-refractivity contribution is 5.96. The minimum atomic E-state index is 0.114. The highest BCUT2D eigenvalue weighted by atomic mass is 16.5. The number of carbonyl (C=O) groups excluding carboxylic acids is 1. The number of nitrogens with zero attached hydrogens (tertiary/aromatic N) is 1. The van der Waals surface area contributed by atoms with E-state index < -0.39 is 0 Å². The minimum absolute atomic E-state index is 0.114. The second kappa shape index (κ2) is 8.33. The number of amides is 1. The van der Waals surface area contributed by atoms with Crippen LogP contribution in [0, 0.1) is 6.92 Å².